The zero-order valence-corrected chi connectivity index (χ0v) is 9.67. The van der Waals surface area contributed by atoms with Crippen LogP contribution in [0.3, 0.4) is 0 Å². The van der Waals surface area contributed by atoms with Gasteiger partial charge in [0.15, 0.2) is 5.89 Å². The molecule has 0 aliphatic heterocycles. The maximum absolute atomic E-state index is 11.7. The molecule has 2 rings (SSSR count). The number of rotatable bonds is 3. The Morgan fingerprint density at radius 2 is 2.39 bits per heavy atom. The molecular weight excluding hydrogens is 232 g/mol. The Hall–Kier alpha value is -2.68. The molecule has 90 valence electrons. The van der Waals surface area contributed by atoms with Gasteiger partial charge in [-0.2, -0.15) is 5.26 Å². The van der Waals surface area contributed by atoms with Gasteiger partial charge in [0.25, 0.3) is 0 Å². The van der Waals surface area contributed by atoms with Crippen LogP contribution in [0.25, 0.3) is 0 Å². The van der Waals surface area contributed by atoms with Gasteiger partial charge in [0.2, 0.25) is 5.91 Å². The lowest BCUT2D eigenvalue weighted by atomic mass is 10.2. The summed E-state index contributed by atoms with van der Waals surface area (Å²) in [6.45, 7) is 1.71. The van der Waals surface area contributed by atoms with E-state index in [2.05, 4.69) is 15.3 Å². The molecule has 0 aliphatic rings. The van der Waals surface area contributed by atoms with Crippen molar-refractivity contribution in [2.45, 2.75) is 13.3 Å². The number of nitrogens with one attached hydrogen (secondary N) is 1. The van der Waals surface area contributed by atoms with E-state index < -0.39 is 0 Å². The molecule has 0 saturated carbocycles. The van der Waals surface area contributed by atoms with Crippen molar-refractivity contribution in [1.29, 1.82) is 5.26 Å². The molecule has 2 heterocycles. The number of carbonyl (C=O) groups is 1. The number of aryl methyl sites for hydroxylation is 1. The number of pyridine rings is 1. The second-order valence-corrected chi connectivity index (χ2v) is 3.66. The van der Waals surface area contributed by atoms with Gasteiger partial charge in [-0.15, -0.1) is 0 Å². The number of anilines is 1. The standard InChI is InChI=1S/C12H10N4O2/c1-8-15-11(7-18-8)3-12(17)16-10-2-9(4-13)5-14-6-10/h2,5-7H,3H2,1H3,(H,16,17). The van der Waals surface area contributed by atoms with Crippen molar-refractivity contribution >= 4 is 11.6 Å². The lowest BCUT2D eigenvalue weighted by Gasteiger charge is -2.02. The van der Waals surface area contributed by atoms with Gasteiger partial charge in [-0.3, -0.25) is 9.78 Å². The van der Waals surface area contributed by atoms with E-state index in [1.165, 1.54) is 18.7 Å². The zero-order chi connectivity index (χ0) is 13.0. The van der Waals surface area contributed by atoms with Gasteiger partial charge in [-0.05, 0) is 6.07 Å². The van der Waals surface area contributed by atoms with Gasteiger partial charge in [0, 0.05) is 13.1 Å². The van der Waals surface area contributed by atoms with Crippen LogP contribution in [0.5, 0.6) is 0 Å². The topological polar surface area (TPSA) is 91.8 Å². The van der Waals surface area contributed by atoms with Crippen molar-refractivity contribution in [3.8, 4) is 6.07 Å². The monoisotopic (exact) mass is 242 g/mol. The summed E-state index contributed by atoms with van der Waals surface area (Å²) in [6.07, 6.45) is 4.47. The second-order valence-electron chi connectivity index (χ2n) is 3.66. The predicted octanol–water partition coefficient (Wildman–Crippen LogP) is 1.43. The molecule has 1 N–H and O–H groups in total. The minimum atomic E-state index is -0.236. The van der Waals surface area contributed by atoms with Gasteiger partial charge < -0.3 is 9.73 Å². The summed E-state index contributed by atoms with van der Waals surface area (Å²) in [5.74, 6) is 0.283. The van der Waals surface area contributed by atoms with E-state index in [0.717, 1.165) is 0 Å². The predicted molar refractivity (Wildman–Crippen MR) is 62.5 cm³/mol. The van der Waals surface area contributed by atoms with Gasteiger partial charge in [-0.25, -0.2) is 4.98 Å². The minimum Gasteiger partial charge on any atom is -0.449 e. The molecular formula is C12H10N4O2. The zero-order valence-electron chi connectivity index (χ0n) is 9.67. The highest BCUT2D eigenvalue weighted by molar-refractivity contribution is 5.91. The average molecular weight is 242 g/mol. The maximum atomic E-state index is 11.7. The summed E-state index contributed by atoms with van der Waals surface area (Å²) in [4.78, 5) is 19.6. The number of nitrogens with zero attached hydrogens (tertiary/aromatic N) is 3. The highest BCUT2D eigenvalue weighted by Crippen LogP contribution is 2.08. The van der Waals surface area contributed by atoms with Crippen molar-refractivity contribution in [2.75, 3.05) is 5.32 Å². The van der Waals surface area contributed by atoms with Crippen LogP contribution in [0.15, 0.2) is 29.1 Å². The number of aromatic nitrogens is 2. The summed E-state index contributed by atoms with van der Waals surface area (Å²) >= 11 is 0. The van der Waals surface area contributed by atoms with E-state index >= 15 is 0 Å². The van der Waals surface area contributed by atoms with Crippen LogP contribution in [0.1, 0.15) is 17.1 Å². The Kier molecular flexibility index (Phi) is 3.34. The molecule has 6 heteroatoms. The number of hydrogen-bond donors (Lipinski definition) is 1. The SMILES string of the molecule is Cc1nc(CC(=O)Nc2cncc(C#N)c2)co1. The Morgan fingerprint density at radius 1 is 1.56 bits per heavy atom. The first-order valence-electron chi connectivity index (χ1n) is 5.23. The normalized spacial score (nSPS) is 9.78. The quantitative estimate of drug-likeness (QED) is 0.878. The Labute approximate surface area is 103 Å². The summed E-state index contributed by atoms with van der Waals surface area (Å²) in [6, 6.07) is 3.51. The third kappa shape index (κ3) is 2.92. The molecule has 6 nitrogen and oxygen atoms in total. The van der Waals surface area contributed by atoms with E-state index in [-0.39, 0.29) is 12.3 Å². The first-order chi connectivity index (χ1) is 8.67. The van der Waals surface area contributed by atoms with Crippen LogP contribution >= 0.6 is 0 Å². The van der Waals surface area contributed by atoms with Crippen molar-refractivity contribution < 1.29 is 9.21 Å². The number of amides is 1. The lowest BCUT2D eigenvalue weighted by molar-refractivity contribution is -0.115. The van der Waals surface area contributed by atoms with Crippen molar-refractivity contribution in [2.24, 2.45) is 0 Å². The van der Waals surface area contributed by atoms with Gasteiger partial charge >= 0.3 is 0 Å². The molecule has 0 unspecified atom stereocenters. The Morgan fingerprint density at radius 3 is 3.06 bits per heavy atom. The highest BCUT2D eigenvalue weighted by atomic mass is 16.3. The van der Waals surface area contributed by atoms with E-state index in [1.54, 1.807) is 13.0 Å². The highest BCUT2D eigenvalue weighted by Gasteiger charge is 2.08. The molecule has 2 aromatic rings. The minimum absolute atomic E-state index is 0.119. The van der Waals surface area contributed by atoms with E-state index in [0.29, 0.717) is 22.8 Å². The fourth-order valence-electron chi connectivity index (χ4n) is 1.43. The molecule has 0 saturated heterocycles. The van der Waals surface area contributed by atoms with Gasteiger partial charge in [0.1, 0.15) is 12.3 Å². The van der Waals surface area contributed by atoms with Crippen LogP contribution < -0.4 is 5.32 Å². The second kappa shape index (κ2) is 5.10. The molecule has 1 amide bonds. The summed E-state index contributed by atoms with van der Waals surface area (Å²) in [5.41, 5.74) is 1.44. The largest absolute Gasteiger partial charge is 0.449 e. The molecule has 0 spiro atoms. The van der Waals surface area contributed by atoms with Gasteiger partial charge in [-0.1, -0.05) is 0 Å². The van der Waals surface area contributed by atoms with E-state index in [1.807, 2.05) is 6.07 Å². The summed E-state index contributed by atoms with van der Waals surface area (Å²) in [7, 11) is 0. The number of oxazole rings is 1. The number of nitriles is 1. The van der Waals surface area contributed by atoms with Crippen LogP contribution in [-0.2, 0) is 11.2 Å². The Bertz CT molecular complexity index is 613. The molecule has 18 heavy (non-hydrogen) atoms. The van der Waals surface area contributed by atoms with Crippen molar-refractivity contribution in [3.63, 3.8) is 0 Å². The van der Waals surface area contributed by atoms with Gasteiger partial charge in [0.05, 0.1) is 29.6 Å². The molecule has 0 radical (unpaired) electrons. The van der Waals surface area contributed by atoms with Crippen LogP contribution in [0.4, 0.5) is 5.69 Å². The molecule has 0 atom stereocenters. The Balaban J connectivity index is 2.01. The smallest absolute Gasteiger partial charge is 0.230 e. The maximum Gasteiger partial charge on any atom is 0.230 e. The van der Waals surface area contributed by atoms with E-state index in [9.17, 15) is 4.79 Å². The fourth-order valence-corrected chi connectivity index (χ4v) is 1.43. The molecule has 2 aromatic heterocycles. The number of carbonyl (C=O) groups excluding carboxylic acids is 1. The van der Waals surface area contributed by atoms with Crippen LogP contribution in [0.2, 0.25) is 0 Å². The first-order valence-corrected chi connectivity index (χ1v) is 5.23. The van der Waals surface area contributed by atoms with Crippen molar-refractivity contribution in [1.82, 2.24) is 9.97 Å². The molecule has 0 bridgehead atoms. The van der Waals surface area contributed by atoms with Crippen LogP contribution in [0, 0.1) is 18.3 Å². The third-order valence-electron chi connectivity index (χ3n) is 2.16. The first kappa shape index (κ1) is 11.8. The fraction of sp³-hybridized carbons (Fsp3) is 0.167. The number of hydrogen-bond acceptors (Lipinski definition) is 5. The molecule has 0 aliphatic carbocycles. The summed E-state index contributed by atoms with van der Waals surface area (Å²) in [5, 5.41) is 11.3. The third-order valence-corrected chi connectivity index (χ3v) is 2.16. The van der Waals surface area contributed by atoms with E-state index in [4.69, 9.17) is 9.68 Å². The molecule has 0 fully saturated rings. The molecule has 0 aromatic carbocycles. The average Bonchev–Trinajstić information content (AvgIpc) is 2.74. The lowest BCUT2D eigenvalue weighted by Crippen LogP contribution is -2.14. The summed E-state index contributed by atoms with van der Waals surface area (Å²) < 4.78 is 5.01. The van der Waals surface area contributed by atoms with Crippen molar-refractivity contribution in [3.05, 3.63) is 41.9 Å². The van der Waals surface area contributed by atoms with Crippen LogP contribution in [-0.4, -0.2) is 15.9 Å².